The third kappa shape index (κ3) is 4.90. The molecule has 1 heterocycles. The molecular weight excluding hydrogens is 386 g/mol. The van der Waals surface area contributed by atoms with Gasteiger partial charge in [-0.25, -0.2) is 4.79 Å². The number of methoxy groups -OCH3 is 1. The standard InChI is InChI=1S/C27H33NO3/c1-26(2,3)21-11-8-18(9-12-21)22(24(29)27(4,5)6)17-28-15-14-19-16-20(25(30)31-7)10-13-23(19)28/h8-13,16-17H,14-15H2,1-7H3. The average molecular weight is 420 g/mol. The third-order valence-electron chi connectivity index (χ3n) is 5.70. The first-order valence-electron chi connectivity index (χ1n) is 10.8. The molecule has 0 aliphatic carbocycles. The molecule has 0 bridgehead atoms. The van der Waals surface area contributed by atoms with Gasteiger partial charge in [0.2, 0.25) is 0 Å². The molecule has 1 aliphatic heterocycles. The highest BCUT2D eigenvalue weighted by Gasteiger charge is 2.28. The second-order valence-corrected chi connectivity index (χ2v) is 10.2. The van der Waals surface area contributed by atoms with Crippen LogP contribution in [0.3, 0.4) is 0 Å². The van der Waals surface area contributed by atoms with Gasteiger partial charge >= 0.3 is 5.97 Å². The number of esters is 1. The average Bonchev–Trinajstić information content (AvgIpc) is 3.11. The fourth-order valence-corrected chi connectivity index (χ4v) is 3.78. The molecule has 0 fully saturated rings. The molecule has 31 heavy (non-hydrogen) atoms. The number of allylic oxidation sites excluding steroid dienone is 1. The first-order chi connectivity index (χ1) is 14.4. The van der Waals surface area contributed by atoms with Crippen molar-refractivity contribution in [2.45, 2.75) is 53.4 Å². The number of ketones is 1. The quantitative estimate of drug-likeness (QED) is 0.465. The summed E-state index contributed by atoms with van der Waals surface area (Å²) >= 11 is 0. The lowest BCUT2D eigenvalue weighted by atomic mass is 9.82. The molecule has 1 aliphatic rings. The number of hydrogen-bond acceptors (Lipinski definition) is 4. The molecule has 3 rings (SSSR count). The highest BCUT2D eigenvalue weighted by molar-refractivity contribution is 6.23. The number of nitrogens with zero attached hydrogens (tertiary/aromatic N) is 1. The van der Waals surface area contributed by atoms with Gasteiger partial charge in [0.15, 0.2) is 5.78 Å². The molecule has 2 aromatic rings. The van der Waals surface area contributed by atoms with Gasteiger partial charge in [-0.2, -0.15) is 0 Å². The maximum atomic E-state index is 13.4. The first-order valence-corrected chi connectivity index (χ1v) is 10.8. The van der Waals surface area contributed by atoms with Crippen LogP contribution >= 0.6 is 0 Å². The molecule has 0 saturated carbocycles. The summed E-state index contributed by atoms with van der Waals surface area (Å²) in [6, 6.07) is 13.9. The predicted molar refractivity (Wildman–Crippen MR) is 126 cm³/mol. The molecular formula is C27H33NO3. The van der Waals surface area contributed by atoms with Crippen LogP contribution in [0, 0.1) is 5.41 Å². The molecule has 0 amide bonds. The Morgan fingerprint density at radius 1 is 0.935 bits per heavy atom. The van der Waals surface area contributed by atoms with E-state index in [0.29, 0.717) is 11.1 Å². The van der Waals surface area contributed by atoms with E-state index in [4.69, 9.17) is 4.74 Å². The maximum Gasteiger partial charge on any atom is 0.337 e. The normalized spacial score (nSPS) is 14.4. The van der Waals surface area contributed by atoms with Gasteiger partial charge < -0.3 is 9.64 Å². The molecule has 4 heteroatoms. The molecule has 2 aromatic carbocycles. The van der Waals surface area contributed by atoms with E-state index in [2.05, 4.69) is 37.8 Å². The lowest BCUT2D eigenvalue weighted by molar-refractivity contribution is -0.120. The van der Waals surface area contributed by atoms with Crippen molar-refractivity contribution >= 4 is 23.0 Å². The molecule has 4 nitrogen and oxygen atoms in total. The van der Waals surface area contributed by atoms with Gasteiger partial charge in [0, 0.05) is 29.4 Å². The van der Waals surface area contributed by atoms with Gasteiger partial charge in [0.25, 0.3) is 0 Å². The Kier molecular flexibility index (Phi) is 6.13. The number of ether oxygens (including phenoxy) is 1. The van der Waals surface area contributed by atoms with Crippen molar-refractivity contribution in [1.82, 2.24) is 0 Å². The number of anilines is 1. The van der Waals surface area contributed by atoms with E-state index in [-0.39, 0.29) is 17.2 Å². The highest BCUT2D eigenvalue weighted by atomic mass is 16.5. The predicted octanol–water partition coefficient (Wildman–Crippen LogP) is 5.79. The molecule has 0 aromatic heterocycles. The number of rotatable bonds is 4. The lowest BCUT2D eigenvalue weighted by Crippen LogP contribution is -2.24. The van der Waals surface area contributed by atoms with Crippen molar-refractivity contribution in [2.24, 2.45) is 5.41 Å². The van der Waals surface area contributed by atoms with Crippen LogP contribution in [0.5, 0.6) is 0 Å². The Bertz CT molecular complexity index is 1020. The van der Waals surface area contributed by atoms with Gasteiger partial charge in [-0.05, 0) is 46.7 Å². The van der Waals surface area contributed by atoms with Crippen LogP contribution < -0.4 is 4.90 Å². The Balaban J connectivity index is 2.02. The zero-order valence-corrected chi connectivity index (χ0v) is 19.7. The van der Waals surface area contributed by atoms with Crippen LogP contribution in [0.4, 0.5) is 5.69 Å². The highest BCUT2D eigenvalue weighted by Crippen LogP contribution is 2.34. The minimum absolute atomic E-state index is 0.0572. The summed E-state index contributed by atoms with van der Waals surface area (Å²) in [5.41, 5.74) is 5.10. The molecule has 0 saturated heterocycles. The van der Waals surface area contributed by atoms with Crippen LogP contribution in [0.1, 0.15) is 68.6 Å². The summed E-state index contributed by atoms with van der Waals surface area (Å²) < 4.78 is 4.84. The molecule has 0 atom stereocenters. The van der Waals surface area contributed by atoms with Gasteiger partial charge in [-0.1, -0.05) is 65.8 Å². The minimum atomic E-state index is -0.494. The number of carbonyl (C=O) groups excluding carboxylic acids is 2. The monoisotopic (exact) mass is 419 g/mol. The summed E-state index contributed by atoms with van der Waals surface area (Å²) in [4.78, 5) is 27.4. The number of Topliss-reactive ketones (excluding diaryl/α,β-unsaturated/α-hetero) is 1. The van der Waals surface area contributed by atoms with Crippen molar-refractivity contribution in [3.8, 4) is 0 Å². The van der Waals surface area contributed by atoms with Crippen LogP contribution in [-0.4, -0.2) is 25.4 Å². The number of fused-ring (bicyclic) bond motifs is 1. The summed E-state index contributed by atoms with van der Waals surface area (Å²) in [5.74, 6) is -0.227. The maximum absolute atomic E-state index is 13.4. The Labute approximate surface area is 185 Å². The summed E-state index contributed by atoms with van der Waals surface area (Å²) in [5, 5.41) is 0. The van der Waals surface area contributed by atoms with Crippen molar-refractivity contribution in [3.63, 3.8) is 0 Å². The first kappa shape index (κ1) is 22.8. The van der Waals surface area contributed by atoms with E-state index in [0.717, 1.165) is 29.8 Å². The largest absolute Gasteiger partial charge is 0.465 e. The molecule has 0 spiro atoms. The van der Waals surface area contributed by atoms with Gasteiger partial charge in [-0.3, -0.25) is 4.79 Å². The molecule has 0 unspecified atom stereocenters. The van der Waals surface area contributed by atoms with Crippen LogP contribution in [-0.2, 0) is 21.4 Å². The van der Waals surface area contributed by atoms with E-state index in [9.17, 15) is 9.59 Å². The van der Waals surface area contributed by atoms with E-state index in [1.54, 1.807) is 6.07 Å². The van der Waals surface area contributed by atoms with Crippen molar-refractivity contribution in [2.75, 3.05) is 18.6 Å². The molecule has 0 N–H and O–H groups in total. The van der Waals surface area contributed by atoms with E-state index < -0.39 is 5.41 Å². The second-order valence-electron chi connectivity index (χ2n) is 10.2. The van der Waals surface area contributed by atoms with Crippen molar-refractivity contribution < 1.29 is 14.3 Å². The van der Waals surface area contributed by atoms with Crippen molar-refractivity contribution in [1.29, 1.82) is 0 Å². The number of carbonyl (C=O) groups is 2. The van der Waals surface area contributed by atoms with Gasteiger partial charge in [0.05, 0.1) is 12.7 Å². The fourth-order valence-electron chi connectivity index (χ4n) is 3.78. The van der Waals surface area contributed by atoms with E-state index in [1.165, 1.54) is 12.7 Å². The fraction of sp³-hybridized carbons (Fsp3) is 0.407. The molecule has 0 radical (unpaired) electrons. The van der Waals surface area contributed by atoms with Crippen LogP contribution in [0.25, 0.3) is 5.57 Å². The summed E-state index contributed by atoms with van der Waals surface area (Å²) in [7, 11) is 1.39. The van der Waals surface area contributed by atoms with Gasteiger partial charge in [-0.15, -0.1) is 0 Å². The number of hydrogen-bond donors (Lipinski definition) is 0. The topological polar surface area (TPSA) is 46.6 Å². The Hall–Kier alpha value is -2.88. The lowest BCUT2D eigenvalue weighted by Gasteiger charge is -2.24. The van der Waals surface area contributed by atoms with E-state index >= 15 is 0 Å². The minimum Gasteiger partial charge on any atom is -0.465 e. The summed E-state index contributed by atoms with van der Waals surface area (Å²) in [6.07, 6.45) is 2.79. The Morgan fingerprint density at radius 3 is 2.10 bits per heavy atom. The zero-order valence-electron chi connectivity index (χ0n) is 19.7. The third-order valence-corrected chi connectivity index (χ3v) is 5.70. The summed E-state index contributed by atoms with van der Waals surface area (Å²) in [6.45, 7) is 13.2. The van der Waals surface area contributed by atoms with E-state index in [1.807, 2.05) is 51.2 Å². The van der Waals surface area contributed by atoms with Gasteiger partial charge in [0.1, 0.15) is 0 Å². The molecule has 164 valence electrons. The van der Waals surface area contributed by atoms with Crippen LogP contribution in [0.2, 0.25) is 0 Å². The zero-order chi connectivity index (χ0) is 23.0. The Morgan fingerprint density at radius 2 is 1.55 bits per heavy atom. The SMILES string of the molecule is COC(=O)c1ccc2c(c1)CCN2C=C(C(=O)C(C)(C)C)c1ccc(C(C)(C)C)cc1. The second kappa shape index (κ2) is 8.33. The van der Waals surface area contributed by atoms with Crippen LogP contribution in [0.15, 0.2) is 48.7 Å². The van der Waals surface area contributed by atoms with Crippen molar-refractivity contribution in [3.05, 3.63) is 70.9 Å². The number of benzene rings is 2. The smallest absolute Gasteiger partial charge is 0.337 e.